The summed E-state index contributed by atoms with van der Waals surface area (Å²) in [5.41, 5.74) is 5.98. The Labute approximate surface area is 129 Å². The number of rotatable bonds is 6. The van der Waals surface area contributed by atoms with E-state index in [0.717, 1.165) is 12.8 Å². The number of nitrogens with two attached hydrogens (primary N) is 1. The maximum atomic E-state index is 12.0. The van der Waals surface area contributed by atoms with Gasteiger partial charge in [-0.3, -0.25) is 4.79 Å². The highest BCUT2D eigenvalue weighted by Gasteiger charge is 2.26. The van der Waals surface area contributed by atoms with Crippen LogP contribution in [-0.2, 0) is 9.53 Å². The molecule has 1 aliphatic rings. The van der Waals surface area contributed by atoms with Crippen LogP contribution in [0.25, 0.3) is 0 Å². The summed E-state index contributed by atoms with van der Waals surface area (Å²) in [6.07, 6.45) is 1.68. The van der Waals surface area contributed by atoms with Crippen molar-refractivity contribution in [2.24, 2.45) is 11.7 Å². The van der Waals surface area contributed by atoms with Crippen molar-refractivity contribution in [2.45, 2.75) is 18.9 Å². The van der Waals surface area contributed by atoms with E-state index in [1.165, 1.54) is 0 Å². The lowest BCUT2D eigenvalue weighted by Gasteiger charge is -2.26. The Balaban J connectivity index is 1.66. The van der Waals surface area contributed by atoms with Crippen molar-refractivity contribution in [1.29, 1.82) is 0 Å². The van der Waals surface area contributed by atoms with Crippen molar-refractivity contribution in [3.8, 4) is 5.75 Å². The Morgan fingerprint density at radius 2 is 2.24 bits per heavy atom. The molecule has 2 rings (SSSR count). The van der Waals surface area contributed by atoms with E-state index >= 15 is 0 Å². The number of hydrogen-bond donors (Lipinski definition) is 2. The molecule has 0 aromatic heterocycles. The number of halogens is 1. The SMILES string of the molecule is NC(C(=O)NCCOc1cccc(Cl)c1)C1CCOCC1. The van der Waals surface area contributed by atoms with Gasteiger partial charge in [0.25, 0.3) is 0 Å². The van der Waals surface area contributed by atoms with Crippen LogP contribution in [0.1, 0.15) is 12.8 Å². The molecule has 1 aliphatic heterocycles. The normalized spacial score (nSPS) is 17.2. The van der Waals surface area contributed by atoms with Gasteiger partial charge in [-0.15, -0.1) is 0 Å². The number of carbonyl (C=O) groups is 1. The molecule has 0 saturated carbocycles. The summed E-state index contributed by atoms with van der Waals surface area (Å²) >= 11 is 5.86. The lowest BCUT2D eigenvalue weighted by molar-refractivity contribution is -0.124. The molecule has 0 radical (unpaired) electrons. The van der Waals surface area contributed by atoms with Crippen LogP contribution in [0.5, 0.6) is 5.75 Å². The summed E-state index contributed by atoms with van der Waals surface area (Å²) in [6, 6.07) is 6.68. The van der Waals surface area contributed by atoms with Gasteiger partial charge in [-0.05, 0) is 37.0 Å². The lowest BCUT2D eigenvalue weighted by atomic mass is 9.92. The second-order valence-corrected chi connectivity index (χ2v) is 5.51. The minimum atomic E-state index is -0.472. The molecular weight excluding hydrogens is 292 g/mol. The van der Waals surface area contributed by atoms with Crippen LogP contribution < -0.4 is 15.8 Å². The topological polar surface area (TPSA) is 73.6 Å². The number of carbonyl (C=O) groups excluding carboxylic acids is 1. The number of benzene rings is 1. The number of nitrogens with one attached hydrogen (secondary N) is 1. The van der Waals surface area contributed by atoms with Gasteiger partial charge in [-0.25, -0.2) is 0 Å². The zero-order valence-corrected chi connectivity index (χ0v) is 12.6. The van der Waals surface area contributed by atoms with E-state index in [2.05, 4.69) is 5.32 Å². The van der Waals surface area contributed by atoms with Crippen LogP contribution in [0.2, 0.25) is 5.02 Å². The van der Waals surface area contributed by atoms with E-state index in [1.54, 1.807) is 12.1 Å². The molecule has 116 valence electrons. The molecule has 6 heteroatoms. The smallest absolute Gasteiger partial charge is 0.237 e. The minimum absolute atomic E-state index is 0.128. The average Bonchev–Trinajstić information content (AvgIpc) is 2.51. The standard InChI is InChI=1S/C15H21ClN2O3/c16-12-2-1-3-13(10-12)21-9-6-18-15(19)14(17)11-4-7-20-8-5-11/h1-3,10-11,14H,4-9,17H2,(H,18,19). The van der Waals surface area contributed by atoms with E-state index in [1.807, 2.05) is 12.1 Å². The molecule has 5 nitrogen and oxygen atoms in total. The molecule has 0 spiro atoms. The van der Waals surface area contributed by atoms with Crippen LogP contribution in [0.3, 0.4) is 0 Å². The van der Waals surface area contributed by atoms with Crippen LogP contribution in [0.15, 0.2) is 24.3 Å². The van der Waals surface area contributed by atoms with E-state index in [0.29, 0.717) is 37.1 Å². The number of amides is 1. The van der Waals surface area contributed by atoms with Crippen LogP contribution in [-0.4, -0.2) is 38.3 Å². The van der Waals surface area contributed by atoms with Crippen LogP contribution >= 0.6 is 11.6 Å². The molecule has 1 atom stereocenters. The molecule has 21 heavy (non-hydrogen) atoms. The fourth-order valence-corrected chi connectivity index (χ4v) is 2.49. The van der Waals surface area contributed by atoms with Gasteiger partial charge in [-0.2, -0.15) is 0 Å². The van der Waals surface area contributed by atoms with Gasteiger partial charge >= 0.3 is 0 Å². The quantitative estimate of drug-likeness (QED) is 0.782. The van der Waals surface area contributed by atoms with Gasteiger partial charge in [0.2, 0.25) is 5.91 Å². The Hall–Kier alpha value is -1.30. The zero-order chi connectivity index (χ0) is 15.1. The van der Waals surface area contributed by atoms with E-state index in [9.17, 15) is 4.79 Å². The molecular formula is C15H21ClN2O3. The Morgan fingerprint density at radius 1 is 1.48 bits per heavy atom. The van der Waals surface area contributed by atoms with Gasteiger partial charge in [0.05, 0.1) is 12.6 Å². The molecule has 1 fully saturated rings. The van der Waals surface area contributed by atoms with E-state index < -0.39 is 6.04 Å². The summed E-state index contributed by atoms with van der Waals surface area (Å²) in [5, 5.41) is 3.43. The van der Waals surface area contributed by atoms with Gasteiger partial charge < -0.3 is 20.5 Å². The number of ether oxygens (including phenoxy) is 2. The predicted octanol–water partition coefficient (Wildman–Crippen LogP) is 1.59. The second-order valence-electron chi connectivity index (χ2n) is 5.07. The summed E-state index contributed by atoms with van der Waals surface area (Å²) in [5.74, 6) is 0.759. The summed E-state index contributed by atoms with van der Waals surface area (Å²) in [7, 11) is 0. The number of hydrogen-bond acceptors (Lipinski definition) is 4. The molecule has 1 aromatic rings. The average molecular weight is 313 g/mol. The fraction of sp³-hybridized carbons (Fsp3) is 0.533. The van der Waals surface area contributed by atoms with Crippen molar-refractivity contribution < 1.29 is 14.3 Å². The molecule has 1 heterocycles. The largest absolute Gasteiger partial charge is 0.492 e. The van der Waals surface area contributed by atoms with Gasteiger partial charge in [0.15, 0.2) is 0 Å². The lowest BCUT2D eigenvalue weighted by Crippen LogP contribution is -2.47. The summed E-state index contributed by atoms with van der Waals surface area (Å²) < 4.78 is 10.8. The van der Waals surface area contributed by atoms with Crippen LogP contribution in [0.4, 0.5) is 0 Å². The summed E-state index contributed by atoms with van der Waals surface area (Å²) in [4.78, 5) is 12.0. The van der Waals surface area contributed by atoms with Gasteiger partial charge in [0, 0.05) is 18.2 Å². The highest BCUT2D eigenvalue weighted by atomic mass is 35.5. The van der Waals surface area contributed by atoms with Crippen molar-refractivity contribution in [2.75, 3.05) is 26.4 Å². The Bertz CT molecular complexity index is 464. The maximum absolute atomic E-state index is 12.0. The second kappa shape index (κ2) is 8.22. The first-order chi connectivity index (χ1) is 10.2. The maximum Gasteiger partial charge on any atom is 0.237 e. The van der Waals surface area contributed by atoms with E-state index in [4.69, 9.17) is 26.8 Å². The summed E-state index contributed by atoms with van der Waals surface area (Å²) in [6.45, 7) is 2.17. The monoisotopic (exact) mass is 312 g/mol. The molecule has 1 amide bonds. The minimum Gasteiger partial charge on any atom is -0.492 e. The first-order valence-corrected chi connectivity index (χ1v) is 7.54. The van der Waals surface area contributed by atoms with E-state index in [-0.39, 0.29) is 11.8 Å². The fourth-order valence-electron chi connectivity index (χ4n) is 2.31. The van der Waals surface area contributed by atoms with Gasteiger partial charge in [-0.1, -0.05) is 17.7 Å². The molecule has 3 N–H and O–H groups in total. The third-order valence-electron chi connectivity index (χ3n) is 3.54. The first kappa shape index (κ1) is 16.1. The molecule has 1 aromatic carbocycles. The molecule has 0 aliphatic carbocycles. The molecule has 0 bridgehead atoms. The molecule has 1 unspecified atom stereocenters. The third-order valence-corrected chi connectivity index (χ3v) is 3.78. The van der Waals surface area contributed by atoms with Crippen molar-refractivity contribution in [3.05, 3.63) is 29.3 Å². The Kier molecular flexibility index (Phi) is 6.29. The highest BCUT2D eigenvalue weighted by Crippen LogP contribution is 2.18. The van der Waals surface area contributed by atoms with Crippen molar-refractivity contribution >= 4 is 17.5 Å². The first-order valence-electron chi connectivity index (χ1n) is 7.16. The highest BCUT2D eigenvalue weighted by molar-refractivity contribution is 6.30. The van der Waals surface area contributed by atoms with Gasteiger partial charge in [0.1, 0.15) is 12.4 Å². The van der Waals surface area contributed by atoms with Crippen LogP contribution in [0, 0.1) is 5.92 Å². The Morgan fingerprint density at radius 3 is 2.95 bits per heavy atom. The predicted molar refractivity (Wildman–Crippen MR) is 81.5 cm³/mol. The third kappa shape index (κ3) is 5.19. The van der Waals surface area contributed by atoms with Crippen molar-refractivity contribution in [1.82, 2.24) is 5.32 Å². The van der Waals surface area contributed by atoms with Crippen molar-refractivity contribution in [3.63, 3.8) is 0 Å². The zero-order valence-electron chi connectivity index (χ0n) is 11.9. The molecule has 1 saturated heterocycles.